The zero-order valence-corrected chi connectivity index (χ0v) is 17.6. The second kappa shape index (κ2) is 9.72. The van der Waals surface area contributed by atoms with Gasteiger partial charge in [0.25, 0.3) is 5.91 Å². The van der Waals surface area contributed by atoms with Crippen LogP contribution in [0.5, 0.6) is 5.75 Å². The van der Waals surface area contributed by atoms with Crippen LogP contribution in [0.15, 0.2) is 47.4 Å². The van der Waals surface area contributed by atoms with Gasteiger partial charge >= 0.3 is 6.61 Å². The van der Waals surface area contributed by atoms with Crippen LogP contribution >= 0.6 is 11.6 Å². The zero-order chi connectivity index (χ0) is 21.7. The van der Waals surface area contributed by atoms with Crippen molar-refractivity contribution in [1.29, 1.82) is 0 Å². The molecule has 3 rings (SSSR count). The van der Waals surface area contributed by atoms with Crippen molar-refractivity contribution in [2.24, 2.45) is 0 Å². The Morgan fingerprint density at radius 1 is 1.10 bits per heavy atom. The van der Waals surface area contributed by atoms with Gasteiger partial charge < -0.3 is 10.1 Å². The van der Waals surface area contributed by atoms with E-state index in [1.54, 1.807) is 0 Å². The summed E-state index contributed by atoms with van der Waals surface area (Å²) >= 11 is 6.12. The van der Waals surface area contributed by atoms with Gasteiger partial charge in [0, 0.05) is 19.6 Å². The summed E-state index contributed by atoms with van der Waals surface area (Å²) in [5.41, 5.74) is 0.700. The van der Waals surface area contributed by atoms with Gasteiger partial charge in [-0.25, -0.2) is 8.42 Å². The zero-order valence-electron chi connectivity index (χ0n) is 16.0. The number of carbonyl (C=O) groups is 1. The van der Waals surface area contributed by atoms with Crippen LogP contribution in [0.3, 0.4) is 0 Å². The summed E-state index contributed by atoms with van der Waals surface area (Å²) < 4.78 is 55.8. The molecule has 162 valence electrons. The first-order valence-corrected chi connectivity index (χ1v) is 11.2. The van der Waals surface area contributed by atoms with Gasteiger partial charge in [-0.2, -0.15) is 13.1 Å². The Labute approximate surface area is 178 Å². The maximum Gasteiger partial charge on any atom is 0.387 e. The normalized spacial score (nSPS) is 15.2. The maximum absolute atomic E-state index is 12.8. The second-order valence-electron chi connectivity index (χ2n) is 6.81. The van der Waals surface area contributed by atoms with Gasteiger partial charge in [0.05, 0.1) is 15.5 Å². The fraction of sp³-hybridized carbons (Fsp3) is 0.350. The third-order valence-electron chi connectivity index (χ3n) is 4.74. The summed E-state index contributed by atoms with van der Waals surface area (Å²) in [6.07, 6.45) is 2.61. The van der Waals surface area contributed by atoms with Gasteiger partial charge in [-0.3, -0.25) is 4.79 Å². The predicted molar refractivity (Wildman–Crippen MR) is 108 cm³/mol. The second-order valence-corrected chi connectivity index (χ2v) is 9.16. The highest BCUT2D eigenvalue weighted by Gasteiger charge is 2.27. The number of piperidine rings is 1. The van der Waals surface area contributed by atoms with Crippen LogP contribution < -0.4 is 10.1 Å². The summed E-state index contributed by atoms with van der Waals surface area (Å²) in [5, 5.41) is 2.78. The molecule has 1 N–H and O–H groups in total. The summed E-state index contributed by atoms with van der Waals surface area (Å²) in [7, 11) is -3.70. The number of hydrogen-bond acceptors (Lipinski definition) is 4. The molecule has 0 aromatic heterocycles. The van der Waals surface area contributed by atoms with Crippen LogP contribution in [0.1, 0.15) is 35.2 Å². The van der Waals surface area contributed by atoms with Crippen LogP contribution in [0, 0.1) is 0 Å². The summed E-state index contributed by atoms with van der Waals surface area (Å²) in [6, 6.07) is 9.88. The minimum Gasteiger partial charge on any atom is -0.435 e. The van der Waals surface area contributed by atoms with E-state index in [2.05, 4.69) is 10.1 Å². The highest BCUT2D eigenvalue weighted by atomic mass is 35.5. The molecule has 1 saturated heterocycles. The van der Waals surface area contributed by atoms with Gasteiger partial charge in [0.15, 0.2) is 0 Å². The molecule has 10 heteroatoms. The van der Waals surface area contributed by atoms with Gasteiger partial charge in [0.1, 0.15) is 5.75 Å². The van der Waals surface area contributed by atoms with E-state index in [0.717, 1.165) is 19.3 Å². The predicted octanol–water partition coefficient (Wildman–Crippen LogP) is 4.05. The molecule has 1 fully saturated rings. The number of carbonyl (C=O) groups excluding carboxylic acids is 1. The lowest BCUT2D eigenvalue weighted by molar-refractivity contribution is -0.0498. The largest absolute Gasteiger partial charge is 0.435 e. The van der Waals surface area contributed by atoms with Gasteiger partial charge in [-0.15, -0.1) is 0 Å². The molecule has 1 aliphatic rings. The number of benzene rings is 2. The van der Waals surface area contributed by atoms with Crippen molar-refractivity contribution in [1.82, 2.24) is 9.62 Å². The van der Waals surface area contributed by atoms with Crippen molar-refractivity contribution in [2.45, 2.75) is 37.3 Å². The molecule has 2 aromatic rings. The van der Waals surface area contributed by atoms with Crippen LogP contribution in [0.4, 0.5) is 8.78 Å². The smallest absolute Gasteiger partial charge is 0.387 e. The summed E-state index contributed by atoms with van der Waals surface area (Å²) in [5.74, 6) is -0.526. The van der Waals surface area contributed by atoms with Crippen LogP contribution in [0.2, 0.25) is 5.02 Å². The fourth-order valence-corrected chi connectivity index (χ4v) is 4.91. The minimum atomic E-state index is -3.70. The number of amides is 1. The van der Waals surface area contributed by atoms with Gasteiger partial charge in [0.2, 0.25) is 10.0 Å². The lowest BCUT2D eigenvalue weighted by Gasteiger charge is -2.26. The molecular weight excluding hydrogens is 438 g/mol. The molecule has 1 aliphatic heterocycles. The summed E-state index contributed by atoms with van der Waals surface area (Å²) in [6.45, 7) is -1.89. The van der Waals surface area contributed by atoms with E-state index in [4.69, 9.17) is 11.6 Å². The number of sulfonamides is 1. The van der Waals surface area contributed by atoms with E-state index in [1.807, 2.05) is 0 Å². The Bertz CT molecular complexity index is 994. The Morgan fingerprint density at radius 3 is 2.40 bits per heavy atom. The molecular formula is C20H21ClF2N2O4S. The Kier molecular flexibility index (Phi) is 7.27. The molecule has 0 radical (unpaired) electrons. The molecule has 0 unspecified atom stereocenters. The molecule has 0 spiro atoms. The lowest BCUT2D eigenvalue weighted by atomic mass is 10.2. The van der Waals surface area contributed by atoms with E-state index < -0.39 is 22.5 Å². The Hall–Kier alpha value is -2.23. The Balaban J connectivity index is 1.70. The number of hydrogen-bond donors (Lipinski definition) is 1. The number of ether oxygens (including phenoxy) is 1. The number of nitrogens with zero attached hydrogens (tertiary/aromatic N) is 1. The third kappa shape index (κ3) is 5.47. The van der Waals surface area contributed by atoms with E-state index in [0.29, 0.717) is 18.7 Å². The quantitative estimate of drug-likeness (QED) is 0.679. The van der Waals surface area contributed by atoms with E-state index in [9.17, 15) is 22.0 Å². The summed E-state index contributed by atoms with van der Waals surface area (Å²) in [4.78, 5) is 12.6. The van der Waals surface area contributed by atoms with Crippen molar-refractivity contribution in [2.75, 3.05) is 13.1 Å². The first kappa shape index (κ1) is 22.5. The van der Waals surface area contributed by atoms with E-state index >= 15 is 0 Å². The van der Waals surface area contributed by atoms with Gasteiger partial charge in [-0.05, 0) is 48.7 Å². The number of rotatable bonds is 7. The highest BCUT2D eigenvalue weighted by Crippen LogP contribution is 2.25. The number of nitrogens with one attached hydrogen (secondary N) is 1. The van der Waals surface area contributed by atoms with E-state index in [1.165, 1.54) is 46.8 Å². The first-order valence-electron chi connectivity index (χ1n) is 9.39. The first-order chi connectivity index (χ1) is 14.3. The number of halogens is 3. The van der Waals surface area contributed by atoms with Crippen molar-refractivity contribution in [3.63, 3.8) is 0 Å². The number of alkyl halides is 2. The van der Waals surface area contributed by atoms with Crippen molar-refractivity contribution < 1.29 is 26.7 Å². The monoisotopic (exact) mass is 458 g/mol. The fourth-order valence-electron chi connectivity index (χ4n) is 3.16. The average molecular weight is 459 g/mol. The van der Waals surface area contributed by atoms with Crippen molar-refractivity contribution >= 4 is 27.5 Å². The maximum atomic E-state index is 12.8. The van der Waals surface area contributed by atoms with E-state index in [-0.39, 0.29) is 27.8 Å². The molecule has 1 heterocycles. The van der Waals surface area contributed by atoms with Gasteiger partial charge in [-0.1, -0.05) is 30.2 Å². The van der Waals surface area contributed by atoms with Crippen molar-refractivity contribution in [3.05, 3.63) is 58.6 Å². The average Bonchev–Trinajstić information content (AvgIpc) is 2.73. The van der Waals surface area contributed by atoms with Crippen LogP contribution in [-0.2, 0) is 16.6 Å². The van der Waals surface area contributed by atoms with Crippen LogP contribution in [0.25, 0.3) is 0 Å². The SMILES string of the molecule is O=C(NCc1ccc(OC(F)F)cc1)c1cc(S(=O)(=O)N2CCCCC2)ccc1Cl. The minimum absolute atomic E-state index is 0.0127. The molecule has 2 aromatic carbocycles. The molecule has 6 nitrogen and oxygen atoms in total. The molecule has 0 atom stereocenters. The molecule has 0 saturated carbocycles. The molecule has 0 bridgehead atoms. The standard InChI is InChI=1S/C20H21ClF2N2O4S/c21-18-9-8-16(30(27,28)25-10-2-1-3-11-25)12-17(18)19(26)24-13-14-4-6-15(7-5-14)29-20(22)23/h4-9,12,20H,1-3,10-11,13H2,(H,24,26). The molecule has 30 heavy (non-hydrogen) atoms. The molecule has 1 amide bonds. The Morgan fingerprint density at radius 2 is 1.77 bits per heavy atom. The van der Waals surface area contributed by atoms with Crippen LogP contribution in [-0.4, -0.2) is 38.3 Å². The third-order valence-corrected chi connectivity index (χ3v) is 6.96. The lowest BCUT2D eigenvalue weighted by Crippen LogP contribution is -2.35. The molecule has 0 aliphatic carbocycles. The highest BCUT2D eigenvalue weighted by molar-refractivity contribution is 7.89. The van der Waals surface area contributed by atoms with Crippen molar-refractivity contribution in [3.8, 4) is 5.75 Å². The topological polar surface area (TPSA) is 75.7 Å².